The lowest BCUT2D eigenvalue weighted by Crippen LogP contribution is -2.34. The zero-order valence-electron chi connectivity index (χ0n) is 10.5. The van der Waals surface area contributed by atoms with E-state index < -0.39 is 6.09 Å². The number of thiocarbonyl (C=S) groups is 1. The SMILES string of the molecule is CCOC(=O)NC(=S)Nc1cccc2ccccc12. The molecule has 0 radical (unpaired) electrons. The molecule has 19 heavy (non-hydrogen) atoms. The number of carbonyl (C=O) groups is 1. The molecular formula is C14H14N2O2S. The second kappa shape index (κ2) is 6.15. The number of benzene rings is 2. The highest BCUT2D eigenvalue weighted by atomic mass is 32.1. The standard InChI is InChI=1S/C14H14N2O2S/c1-2-18-14(17)16-13(19)15-12-9-5-7-10-6-3-4-8-11(10)12/h3-9H,2H2,1H3,(H2,15,16,17,19). The summed E-state index contributed by atoms with van der Waals surface area (Å²) in [6, 6.07) is 13.8. The molecule has 4 nitrogen and oxygen atoms in total. The highest BCUT2D eigenvalue weighted by Crippen LogP contribution is 2.22. The predicted octanol–water partition coefficient (Wildman–Crippen LogP) is 3.28. The van der Waals surface area contributed by atoms with Gasteiger partial charge in [-0.25, -0.2) is 4.79 Å². The predicted molar refractivity (Wildman–Crippen MR) is 80.3 cm³/mol. The third-order valence-electron chi connectivity index (χ3n) is 2.53. The number of nitrogens with one attached hydrogen (secondary N) is 2. The number of ether oxygens (including phenoxy) is 1. The van der Waals surface area contributed by atoms with Crippen LogP contribution < -0.4 is 10.6 Å². The van der Waals surface area contributed by atoms with Crippen molar-refractivity contribution in [1.29, 1.82) is 0 Å². The van der Waals surface area contributed by atoms with Crippen molar-refractivity contribution in [3.05, 3.63) is 42.5 Å². The molecule has 0 aliphatic heterocycles. The molecule has 2 aromatic rings. The minimum atomic E-state index is -0.555. The third kappa shape index (κ3) is 3.42. The van der Waals surface area contributed by atoms with Crippen molar-refractivity contribution in [2.45, 2.75) is 6.92 Å². The molecule has 0 spiro atoms. The Labute approximate surface area is 116 Å². The second-order valence-corrected chi connectivity index (χ2v) is 4.23. The van der Waals surface area contributed by atoms with Crippen molar-refractivity contribution in [2.75, 3.05) is 11.9 Å². The summed E-state index contributed by atoms with van der Waals surface area (Å²) in [4.78, 5) is 11.2. The molecule has 5 heteroatoms. The van der Waals surface area contributed by atoms with Gasteiger partial charge < -0.3 is 10.1 Å². The van der Waals surface area contributed by atoms with Crippen LogP contribution in [0.3, 0.4) is 0 Å². The van der Waals surface area contributed by atoms with Gasteiger partial charge in [0, 0.05) is 11.1 Å². The van der Waals surface area contributed by atoms with Crippen LogP contribution in [0.4, 0.5) is 10.5 Å². The Balaban J connectivity index is 2.13. The third-order valence-corrected chi connectivity index (χ3v) is 2.73. The van der Waals surface area contributed by atoms with Crippen molar-refractivity contribution >= 4 is 39.9 Å². The molecule has 0 fully saturated rings. The summed E-state index contributed by atoms with van der Waals surface area (Å²) < 4.78 is 4.76. The van der Waals surface area contributed by atoms with E-state index in [-0.39, 0.29) is 5.11 Å². The van der Waals surface area contributed by atoms with Gasteiger partial charge in [-0.2, -0.15) is 0 Å². The van der Waals surface area contributed by atoms with Gasteiger partial charge >= 0.3 is 6.09 Å². The van der Waals surface area contributed by atoms with E-state index in [1.165, 1.54) is 0 Å². The fourth-order valence-corrected chi connectivity index (χ4v) is 1.94. The number of anilines is 1. The molecule has 0 bridgehead atoms. The summed E-state index contributed by atoms with van der Waals surface area (Å²) in [5, 5.41) is 7.81. The number of amides is 1. The Hall–Kier alpha value is -2.14. The van der Waals surface area contributed by atoms with Crippen LogP contribution in [0.15, 0.2) is 42.5 Å². The first-order valence-electron chi connectivity index (χ1n) is 5.93. The Morgan fingerprint density at radius 1 is 1.21 bits per heavy atom. The van der Waals surface area contributed by atoms with E-state index in [1.807, 2.05) is 42.5 Å². The zero-order chi connectivity index (χ0) is 13.7. The largest absolute Gasteiger partial charge is 0.450 e. The van der Waals surface area contributed by atoms with Gasteiger partial charge in [-0.1, -0.05) is 36.4 Å². The van der Waals surface area contributed by atoms with E-state index in [9.17, 15) is 4.79 Å². The molecule has 1 amide bonds. The molecule has 0 atom stereocenters. The number of alkyl carbamates (subject to hydrolysis) is 1. The Kier molecular flexibility index (Phi) is 4.30. The van der Waals surface area contributed by atoms with Crippen molar-refractivity contribution in [1.82, 2.24) is 5.32 Å². The van der Waals surface area contributed by atoms with E-state index in [0.29, 0.717) is 6.61 Å². The molecule has 2 aromatic carbocycles. The number of fused-ring (bicyclic) bond motifs is 1. The van der Waals surface area contributed by atoms with Gasteiger partial charge in [0.25, 0.3) is 0 Å². The zero-order valence-corrected chi connectivity index (χ0v) is 11.3. The van der Waals surface area contributed by atoms with E-state index in [1.54, 1.807) is 6.92 Å². The number of hydrogen-bond acceptors (Lipinski definition) is 3. The van der Waals surface area contributed by atoms with Gasteiger partial charge in [0.1, 0.15) is 0 Å². The Morgan fingerprint density at radius 3 is 2.74 bits per heavy atom. The van der Waals surface area contributed by atoms with Gasteiger partial charge in [0.05, 0.1) is 6.61 Å². The van der Waals surface area contributed by atoms with Gasteiger partial charge in [0.15, 0.2) is 5.11 Å². The Bertz CT molecular complexity index is 608. The second-order valence-electron chi connectivity index (χ2n) is 3.83. The maximum absolute atomic E-state index is 11.2. The summed E-state index contributed by atoms with van der Waals surface area (Å²) in [6.07, 6.45) is -0.555. The van der Waals surface area contributed by atoms with Crippen LogP contribution >= 0.6 is 12.2 Å². The van der Waals surface area contributed by atoms with E-state index >= 15 is 0 Å². The van der Waals surface area contributed by atoms with Crippen LogP contribution in [0.1, 0.15) is 6.92 Å². The molecule has 2 rings (SSSR count). The quantitative estimate of drug-likeness (QED) is 0.825. The topological polar surface area (TPSA) is 50.4 Å². The fraction of sp³-hybridized carbons (Fsp3) is 0.143. The van der Waals surface area contributed by atoms with Gasteiger partial charge in [0.2, 0.25) is 0 Å². The minimum Gasteiger partial charge on any atom is -0.450 e. The normalized spacial score (nSPS) is 9.95. The van der Waals surface area contributed by atoms with Crippen molar-refractivity contribution < 1.29 is 9.53 Å². The molecule has 0 heterocycles. The molecule has 98 valence electrons. The van der Waals surface area contributed by atoms with Crippen LogP contribution in [0.5, 0.6) is 0 Å². The molecule has 0 unspecified atom stereocenters. The van der Waals surface area contributed by atoms with E-state index in [4.69, 9.17) is 17.0 Å². The summed E-state index contributed by atoms with van der Waals surface area (Å²) in [7, 11) is 0. The van der Waals surface area contributed by atoms with Gasteiger partial charge in [-0.05, 0) is 30.6 Å². The minimum absolute atomic E-state index is 0.217. The van der Waals surface area contributed by atoms with E-state index in [2.05, 4.69) is 10.6 Å². The lowest BCUT2D eigenvalue weighted by Gasteiger charge is -2.11. The molecule has 0 saturated carbocycles. The highest BCUT2D eigenvalue weighted by Gasteiger charge is 2.06. The number of hydrogen-bond donors (Lipinski definition) is 2. The van der Waals surface area contributed by atoms with E-state index in [0.717, 1.165) is 16.5 Å². The lowest BCUT2D eigenvalue weighted by atomic mass is 10.1. The van der Waals surface area contributed by atoms with Crippen molar-refractivity contribution in [3.63, 3.8) is 0 Å². The fourth-order valence-electron chi connectivity index (χ4n) is 1.75. The molecule has 2 N–H and O–H groups in total. The summed E-state index contributed by atoms with van der Waals surface area (Å²) >= 11 is 5.07. The van der Waals surface area contributed by atoms with Crippen LogP contribution in [-0.4, -0.2) is 17.8 Å². The van der Waals surface area contributed by atoms with Crippen molar-refractivity contribution in [3.8, 4) is 0 Å². The van der Waals surface area contributed by atoms with Gasteiger partial charge in [-0.15, -0.1) is 0 Å². The molecule has 0 aliphatic rings. The maximum Gasteiger partial charge on any atom is 0.413 e. The smallest absolute Gasteiger partial charge is 0.413 e. The molecule has 0 aliphatic carbocycles. The monoisotopic (exact) mass is 274 g/mol. The summed E-state index contributed by atoms with van der Waals surface area (Å²) in [5.41, 5.74) is 0.847. The molecular weight excluding hydrogens is 260 g/mol. The molecule has 0 saturated heterocycles. The first-order chi connectivity index (χ1) is 9.20. The number of carbonyl (C=O) groups excluding carboxylic acids is 1. The summed E-state index contributed by atoms with van der Waals surface area (Å²) in [6.45, 7) is 2.05. The number of rotatable bonds is 2. The average molecular weight is 274 g/mol. The first-order valence-corrected chi connectivity index (χ1v) is 6.34. The van der Waals surface area contributed by atoms with Crippen molar-refractivity contribution in [2.24, 2.45) is 0 Å². The van der Waals surface area contributed by atoms with Crippen LogP contribution in [0.25, 0.3) is 10.8 Å². The Morgan fingerprint density at radius 2 is 1.95 bits per heavy atom. The maximum atomic E-state index is 11.2. The van der Waals surface area contributed by atoms with Gasteiger partial charge in [-0.3, -0.25) is 5.32 Å². The average Bonchev–Trinajstić information content (AvgIpc) is 2.39. The molecule has 0 aromatic heterocycles. The lowest BCUT2D eigenvalue weighted by molar-refractivity contribution is 0.158. The van der Waals surface area contributed by atoms with Crippen LogP contribution in [-0.2, 0) is 4.74 Å². The van der Waals surface area contributed by atoms with Crippen LogP contribution in [0.2, 0.25) is 0 Å². The summed E-state index contributed by atoms with van der Waals surface area (Å²) in [5.74, 6) is 0. The highest BCUT2D eigenvalue weighted by molar-refractivity contribution is 7.80. The van der Waals surface area contributed by atoms with Crippen LogP contribution in [0, 0.1) is 0 Å². The first kappa shape index (κ1) is 13.3.